The molecule has 0 aliphatic heterocycles. The summed E-state index contributed by atoms with van der Waals surface area (Å²) in [5.41, 5.74) is 10.3. The maximum absolute atomic E-state index is 11.8. The highest BCUT2D eigenvalue weighted by atomic mass is 32.2. The Bertz CT molecular complexity index is 1030. The second kappa shape index (κ2) is 10.2. The third-order valence-electron chi connectivity index (χ3n) is 4.14. The summed E-state index contributed by atoms with van der Waals surface area (Å²) < 4.78 is 4.80. The van der Waals surface area contributed by atoms with Gasteiger partial charge in [0, 0.05) is 11.3 Å². The lowest BCUT2D eigenvalue weighted by Crippen LogP contribution is -2.06. The Kier molecular flexibility index (Phi) is 7.19. The topological polar surface area (TPSA) is 77.0 Å². The molecule has 146 valence electrons. The van der Waals surface area contributed by atoms with Crippen molar-refractivity contribution in [3.05, 3.63) is 95.6 Å². The van der Waals surface area contributed by atoms with Crippen molar-refractivity contribution in [2.24, 2.45) is 15.9 Å². The Labute approximate surface area is 174 Å². The molecule has 0 saturated carbocycles. The molecule has 3 rings (SSSR count). The van der Waals surface area contributed by atoms with Crippen LogP contribution in [0.3, 0.4) is 0 Å². The molecule has 2 N–H and O–H groups in total. The maximum Gasteiger partial charge on any atom is 0.337 e. The van der Waals surface area contributed by atoms with E-state index < -0.39 is 0 Å². The number of amidine groups is 1. The summed E-state index contributed by atoms with van der Waals surface area (Å²) in [6.07, 6.45) is 1.66. The minimum absolute atomic E-state index is 0.370. The van der Waals surface area contributed by atoms with E-state index in [1.165, 1.54) is 24.4 Å². The number of nitrogens with two attached hydrogens (primary N) is 1. The Morgan fingerprint density at radius 2 is 1.79 bits per heavy atom. The van der Waals surface area contributed by atoms with Crippen molar-refractivity contribution in [3.8, 4) is 11.1 Å². The van der Waals surface area contributed by atoms with E-state index in [1.807, 2.05) is 66.7 Å². The van der Waals surface area contributed by atoms with Gasteiger partial charge >= 0.3 is 5.97 Å². The van der Waals surface area contributed by atoms with Crippen LogP contribution in [0.5, 0.6) is 0 Å². The van der Waals surface area contributed by atoms with E-state index in [1.54, 1.807) is 18.3 Å². The fraction of sp³-hybridized carbons (Fsp3) is 0.0870. The molecular formula is C23H21N3O2S. The van der Waals surface area contributed by atoms with Crippen molar-refractivity contribution in [1.29, 1.82) is 0 Å². The fourth-order valence-electron chi connectivity index (χ4n) is 2.71. The zero-order valence-corrected chi connectivity index (χ0v) is 16.8. The Hall–Kier alpha value is -3.38. The lowest BCUT2D eigenvalue weighted by molar-refractivity contribution is 0.0601. The summed E-state index contributed by atoms with van der Waals surface area (Å²) >= 11 is 1.44. The van der Waals surface area contributed by atoms with E-state index in [0.29, 0.717) is 10.7 Å². The Morgan fingerprint density at radius 3 is 2.59 bits per heavy atom. The van der Waals surface area contributed by atoms with Crippen LogP contribution in [0.2, 0.25) is 0 Å². The second-order valence-corrected chi connectivity index (χ2v) is 7.11. The first-order valence-corrected chi connectivity index (χ1v) is 9.97. The lowest BCUT2D eigenvalue weighted by Gasteiger charge is -2.07. The summed E-state index contributed by atoms with van der Waals surface area (Å²) in [7, 11) is 1.37. The van der Waals surface area contributed by atoms with Crippen molar-refractivity contribution < 1.29 is 9.53 Å². The van der Waals surface area contributed by atoms with Crippen molar-refractivity contribution in [1.82, 2.24) is 0 Å². The number of rotatable bonds is 6. The minimum Gasteiger partial charge on any atom is -0.465 e. The second-order valence-electron chi connectivity index (χ2n) is 6.12. The molecule has 0 heterocycles. The van der Waals surface area contributed by atoms with Gasteiger partial charge < -0.3 is 10.5 Å². The average Bonchev–Trinajstić information content (AvgIpc) is 2.78. The molecule has 3 aromatic rings. The molecule has 0 aliphatic carbocycles. The predicted octanol–water partition coefficient (Wildman–Crippen LogP) is 4.72. The van der Waals surface area contributed by atoms with Gasteiger partial charge in [0.05, 0.1) is 18.9 Å². The van der Waals surface area contributed by atoms with Gasteiger partial charge in [-0.1, -0.05) is 78.5 Å². The zero-order valence-electron chi connectivity index (χ0n) is 16.0. The number of thioether (sulfide) groups is 1. The van der Waals surface area contributed by atoms with Gasteiger partial charge in [-0.05, 0) is 28.8 Å². The van der Waals surface area contributed by atoms with E-state index in [-0.39, 0.29) is 5.97 Å². The van der Waals surface area contributed by atoms with Crippen LogP contribution in [-0.2, 0) is 10.5 Å². The van der Waals surface area contributed by atoms with Crippen LogP contribution in [0.15, 0.2) is 89.1 Å². The van der Waals surface area contributed by atoms with Gasteiger partial charge in [-0.2, -0.15) is 5.10 Å². The van der Waals surface area contributed by atoms with Crippen molar-refractivity contribution >= 4 is 29.1 Å². The highest BCUT2D eigenvalue weighted by Crippen LogP contribution is 2.24. The molecule has 0 saturated heterocycles. The zero-order chi connectivity index (χ0) is 20.5. The number of nitrogens with zero attached hydrogens (tertiary/aromatic N) is 2. The molecule has 0 aliphatic rings. The van der Waals surface area contributed by atoms with Crippen LogP contribution in [0.4, 0.5) is 0 Å². The quantitative estimate of drug-likeness (QED) is 0.280. The molecule has 3 aromatic carbocycles. The molecule has 0 bridgehead atoms. The summed E-state index contributed by atoms with van der Waals surface area (Å²) in [6, 6.07) is 25.1. The van der Waals surface area contributed by atoms with E-state index in [0.717, 1.165) is 22.4 Å². The number of methoxy groups -OCH3 is 1. The first-order chi connectivity index (χ1) is 14.2. The van der Waals surface area contributed by atoms with Gasteiger partial charge in [0.2, 0.25) is 0 Å². The van der Waals surface area contributed by atoms with E-state index in [4.69, 9.17) is 10.5 Å². The fourth-order valence-corrected chi connectivity index (χ4v) is 3.32. The molecule has 0 amide bonds. The monoisotopic (exact) mass is 403 g/mol. The third kappa shape index (κ3) is 5.80. The van der Waals surface area contributed by atoms with Crippen LogP contribution >= 0.6 is 11.8 Å². The van der Waals surface area contributed by atoms with Crippen LogP contribution in [0.25, 0.3) is 11.1 Å². The summed E-state index contributed by atoms with van der Waals surface area (Å²) in [5, 5.41) is 8.62. The molecular weight excluding hydrogens is 382 g/mol. The van der Waals surface area contributed by atoms with Crippen LogP contribution in [-0.4, -0.2) is 24.5 Å². The van der Waals surface area contributed by atoms with Crippen molar-refractivity contribution in [2.45, 2.75) is 5.75 Å². The van der Waals surface area contributed by atoms with Crippen molar-refractivity contribution in [2.75, 3.05) is 7.11 Å². The SMILES string of the molecule is COC(=O)c1cccc(-c2ccccc2C=NN=C(N)SCc2ccccc2)c1. The minimum atomic E-state index is -0.370. The van der Waals surface area contributed by atoms with Gasteiger partial charge in [-0.25, -0.2) is 4.79 Å². The van der Waals surface area contributed by atoms with Crippen LogP contribution in [0, 0.1) is 0 Å². The van der Waals surface area contributed by atoms with Gasteiger partial charge in [0.1, 0.15) is 0 Å². The number of ether oxygens (including phenoxy) is 1. The smallest absolute Gasteiger partial charge is 0.337 e. The molecule has 0 spiro atoms. The van der Waals surface area contributed by atoms with E-state index in [9.17, 15) is 4.79 Å². The number of benzene rings is 3. The first kappa shape index (κ1) is 20.4. The van der Waals surface area contributed by atoms with E-state index in [2.05, 4.69) is 10.2 Å². The molecule has 29 heavy (non-hydrogen) atoms. The number of carbonyl (C=O) groups excluding carboxylic acids is 1. The van der Waals surface area contributed by atoms with Crippen molar-refractivity contribution in [3.63, 3.8) is 0 Å². The molecule has 0 unspecified atom stereocenters. The highest BCUT2D eigenvalue weighted by Gasteiger charge is 2.08. The average molecular weight is 404 g/mol. The highest BCUT2D eigenvalue weighted by molar-refractivity contribution is 8.13. The number of hydrogen-bond donors (Lipinski definition) is 1. The van der Waals surface area contributed by atoms with Gasteiger partial charge in [0.15, 0.2) is 5.17 Å². The van der Waals surface area contributed by atoms with Crippen LogP contribution < -0.4 is 5.73 Å². The largest absolute Gasteiger partial charge is 0.465 e. The van der Waals surface area contributed by atoms with Gasteiger partial charge in [-0.3, -0.25) is 0 Å². The third-order valence-corrected chi connectivity index (χ3v) is 4.99. The Balaban J connectivity index is 1.74. The lowest BCUT2D eigenvalue weighted by atomic mass is 9.98. The Morgan fingerprint density at radius 1 is 1.03 bits per heavy atom. The molecule has 0 atom stereocenters. The number of carbonyl (C=O) groups is 1. The standard InChI is InChI=1S/C23H21N3O2S/c1-28-22(27)19-12-7-11-18(14-19)21-13-6-5-10-20(21)15-25-26-23(24)29-16-17-8-3-2-4-9-17/h2-15H,16H2,1H3,(H2,24,26). The first-order valence-electron chi connectivity index (χ1n) is 8.98. The molecule has 0 aromatic heterocycles. The predicted molar refractivity (Wildman–Crippen MR) is 120 cm³/mol. The molecule has 5 nitrogen and oxygen atoms in total. The maximum atomic E-state index is 11.8. The van der Waals surface area contributed by atoms with Crippen LogP contribution in [0.1, 0.15) is 21.5 Å². The number of esters is 1. The van der Waals surface area contributed by atoms with Gasteiger partial charge in [0.25, 0.3) is 0 Å². The van der Waals surface area contributed by atoms with Gasteiger partial charge in [-0.15, -0.1) is 5.10 Å². The molecule has 0 radical (unpaired) electrons. The summed E-state index contributed by atoms with van der Waals surface area (Å²) in [5.74, 6) is 0.369. The van der Waals surface area contributed by atoms with E-state index >= 15 is 0 Å². The number of hydrogen-bond acceptors (Lipinski definition) is 5. The summed E-state index contributed by atoms with van der Waals surface area (Å²) in [4.78, 5) is 11.8. The summed E-state index contributed by atoms with van der Waals surface area (Å²) in [6.45, 7) is 0. The molecule has 6 heteroatoms. The normalized spacial score (nSPS) is 11.6. The molecule has 0 fully saturated rings.